The van der Waals surface area contributed by atoms with E-state index >= 15 is 0 Å². The molecular weight excluding hydrogens is 280 g/mol. The summed E-state index contributed by atoms with van der Waals surface area (Å²) in [6, 6.07) is 5.08. The van der Waals surface area contributed by atoms with Gasteiger partial charge in [0.15, 0.2) is 0 Å². The van der Waals surface area contributed by atoms with E-state index < -0.39 is 4.92 Å². The average molecular weight is 295 g/mol. The largest absolute Gasteiger partial charge is 0.383 e. The molecule has 1 heterocycles. The third-order valence-corrected chi connectivity index (χ3v) is 3.70. The molecule has 106 valence electrons. The molecule has 0 bridgehead atoms. The molecule has 0 saturated heterocycles. The molecule has 0 atom stereocenters. The van der Waals surface area contributed by atoms with Gasteiger partial charge in [0.25, 0.3) is 5.69 Å². The van der Waals surface area contributed by atoms with E-state index in [1.54, 1.807) is 23.9 Å². The molecule has 2 aromatic rings. The normalized spacial score (nSPS) is 10.6. The van der Waals surface area contributed by atoms with Gasteiger partial charge in [-0.2, -0.15) is 5.10 Å². The predicted molar refractivity (Wildman–Crippen MR) is 78.5 cm³/mol. The van der Waals surface area contributed by atoms with Gasteiger partial charge < -0.3 is 5.32 Å². The third-order valence-electron chi connectivity index (χ3n) is 3.15. The van der Waals surface area contributed by atoms with Crippen LogP contribution in [0.2, 0.25) is 5.02 Å². The number of hydrogen-bond donors (Lipinski definition) is 1. The van der Waals surface area contributed by atoms with E-state index in [4.69, 9.17) is 11.6 Å². The number of nitro benzene ring substituents is 1. The fourth-order valence-electron chi connectivity index (χ4n) is 2.04. The number of benzene rings is 1. The van der Waals surface area contributed by atoms with E-state index in [1.165, 1.54) is 0 Å². The Morgan fingerprint density at radius 3 is 2.65 bits per heavy atom. The summed E-state index contributed by atoms with van der Waals surface area (Å²) >= 11 is 6.09. The minimum absolute atomic E-state index is 0.0534. The first-order valence-electron chi connectivity index (χ1n) is 6.08. The Bertz CT molecular complexity index is 667. The van der Waals surface area contributed by atoms with Crippen LogP contribution in [0.1, 0.15) is 17.0 Å². The van der Waals surface area contributed by atoms with Gasteiger partial charge in [-0.05, 0) is 25.5 Å². The summed E-state index contributed by atoms with van der Waals surface area (Å²) in [5.74, 6) is 0. The molecule has 2 rings (SSSR count). The highest BCUT2D eigenvalue weighted by atomic mass is 35.5. The lowest BCUT2D eigenvalue weighted by atomic mass is 10.1. The molecule has 0 radical (unpaired) electrons. The summed E-state index contributed by atoms with van der Waals surface area (Å²) in [6.07, 6.45) is 0. The molecule has 20 heavy (non-hydrogen) atoms. The van der Waals surface area contributed by atoms with Crippen molar-refractivity contribution < 1.29 is 4.92 Å². The maximum absolute atomic E-state index is 11.0. The van der Waals surface area contributed by atoms with Gasteiger partial charge in [-0.1, -0.05) is 17.7 Å². The number of aryl methyl sites for hydroxylation is 1. The lowest BCUT2D eigenvalue weighted by Crippen LogP contribution is -2.05. The summed E-state index contributed by atoms with van der Waals surface area (Å²) in [5.41, 5.74) is 2.95. The number of rotatable bonds is 4. The van der Waals surface area contributed by atoms with E-state index in [2.05, 4.69) is 10.4 Å². The zero-order valence-electron chi connectivity index (χ0n) is 11.5. The second-order valence-electron chi connectivity index (χ2n) is 4.50. The van der Waals surface area contributed by atoms with Gasteiger partial charge in [-0.3, -0.25) is 14.8 Å². The predicted octanol–water partition coefficient (Wildman–Crippen LogP) is 3.15. The fourth-order valence-corrected chi connectivity index (χ4v) is 2.18. The van der Waals surface area contributed by atoms with Crippen LogP contribution < -0.4 is 5.32 Å². The highest BCUT2D eigenvalue weighted by Gasteiger charge is 2.15. The van der Waals surface area contributed by atoms with E-state index in [0.29, 0.717) is 17.3 Å². The molecule has 1 aromatic heterocycles. The van der Waals surface area contributed by atoms with Crippen molar-refractivity contribution in [3.05, 3.63) is 50.3 Å². The zero-order chi connectivity index (χ0) is 14.9. The van der Waals surface area contributed by atoms with Crippen molar-refractivity contribution in [2.75, 3.05) is 12.4 Å². The average Bonchev–Trinajstić information content (AvgIpc) is 2.66. The minimum atomic E-state index is -0.399. The van der Waals surface area contributed by atoms with Crippen LogP contribution in [0.5, 0.6) is 0 Å². The summed E-state index contributed by atoms with van der Waals surface area (Å²) in [4.78, 5) is 10.6. The van der Waals surface area contributed by atoms with Crippen LogP contribution in [0.25, 0.3) is 0 Å². The van der Waals surface area contributed by atoms with Crippen LogP contribution in [-0.4, -0.2) is 21.8 Å². The van der Waals surface area contributed by atoms with Crippen molar-refractivity contribution in [1.82, 2.24) is 9.78 Å². The molecule has 1 aromatic carbocycles. The first-order chi connectivity index (χ1) is 9.43. The first-order valence-corrected chi connectivity index (χ1v) is 6.46. The van der Waals surface area contributed by atoms with Crippen LogP contribution in [0, 0.1) is 24.0 Å². The Morgan fingerprint density at radius 2 is 2.15 bits per heavy atom. The van der Waals surface area contributed by atoms with Crippen LogP contribution in [0.3, 0.4) is 0 Å². The van der Waals surface area contributed by atoms with Gasteiger partial charge in [-0.25, -0.2) is 0 Å². The number of nitrogens with one attached hydrogen (secondary N) is 1. The van der Waals surface area contributed by atoms with Crippen molar-refractivity contribution in [1.29, 1.82) is 0 Å². The maximum atomic E-state index is 11.0. The van der Waals surface area contributed by atoms with Crippen molar-refractivity contribution in [2.45, 2.75) is 20.4 Å². The Hall–Kier alpha value is -2.08. The topological polar surface area (TPSA) is 73.0 Å². The van der Waals surface area contributed by atoms with E-state index in [9.17, 15) is 10.1 Å². The molecule has 0 amide bonds. The van der Waals surface area contributed by atoms with Crippen LogP contribution in [-0.2, 0) is 6.54 Å². The van der Waals surface area contributed by atoms with Gasteiger partial charge in [-0.15, -0.1) is 0 Å². The van der Waals surface area contributed by atoms with Gasteiger partial charge in [0.1, 0.15) is 5.69 Å². The van der Waals surface area contributed by atoms with Crippen molar-refractivity contribution in [3.8, 4) is 0 Å². The smallest absolute Gasteiger partial charge is 0.292 e. The molecule has 0 aliphatic rings. The van der Waals surface area contributed by atoms with Crippen molar-refractivity contribution in [3.63, 3.8) is 0 Å². The summed E-state index contributed by atoms with van der Waals surface area (Å²) in [7, 11) is 1.66. The Kier molecular flexibility index (Phi) is 3.94. The van der Waals surface area contributed by atoms with E-state index in [0.717, 1.165) is 17.0 Å². The SMILES string of the molecule is CNc1ccc(Cn2nc(C)c(Cl)c2C)cc1[N+](=O)[O-]. The molecule has 0 aliphatic carbocycles. The highest BCUT2D eigenvalue weighted by molar-refractivity contribution is 6.31. The summed E-state index contributed by atoms with van der Waals surface area (Å²) < 4.78 is 1.75. The van der Waals surface area contributed by atoms with Crippen LogP contribution >= 0.6 is 11.6 Å². The minimum Gasteiger partial charge on any atom is -0.383 e. The van der Waals surface area contributed by atoms with Gasteiger partial charge in [0, 0.05) is 13.1 Å². The molecule has 0 unspecified atom stereocenters. The number of anilines is 1. The quantitative estimate of drug-likeness (QED) is 0.694. The number of halogens is 1. The molecule has 7 heteroatoms. The number of nitro groups is 1. The van der Waals surface area contributed by atoms with Crippen molar-refractivity contribution >= 4 is 23.0 Å². The van der Waals surface area contributed by atoms with Crippen LogP contribution in [0.4, 0.5) is 11.4 Å². The molecule has 0 spiro atoms. The first kappa shape index (κ1) is 14.3. The number of nitrogens with zero attached hydrogens (tertiary/aromatic N) is 3. The van der Waals surface area contributed by atoms with Gasteiger partial charge in [0.2, 0.25) is 0 Å². The van der Waals surface area contributed by atoms with E-state index in [-0.39, 0.29) is 5.69 Å². The Morgan fingerprint density at radius 1 is 1.45 bits per heavy atom. The second kappa shape index (κ2) is 5.50. The Balaban J connectivity index is 2.36. The zero-order valence-corrected chi connectivity index (χ0v) is 12.2. The molecule has 0 fully saturated rings. The fraction of sp³-hybridized carbons (Fsp3) is 0.308. The second-order valence-corrected chi connectivity index (χ2v) is 4.88. The lowest BCUT2D eigenvalue weighted by Gasteiger charge is -2.07. The number of aromatic nitrogens is 2. The third kappa shape index (κ3) is 2.60. The molecular formula is C13H15ClN4O2. The van der Waals surface area contributed by atoms with E-state index in [1.807, 2.05) is 19.9 Å². The molecule has 6 nitrogen and oxygen atoms in total. The molecule has 1 N–H and O–H groups in total. The highest BCUT2D eigenvalue weighted by Crippen LogP contribution is 2.26. The Labute approximate surface area is 121 Å². The van der Waals surface area contributed by atoms with Crippen molar-refractivity contribution in [2.24, 2.45) is 0 Å². The monoisotopic (exact) mass is 294 g/mol. The molecule has 0 aliphatic heterocycles. The maximum Gasteiger partial charge on any atom is 0.292 e. The van der Waals surface area contributed by atoms with Gasteiger partial charge >= 0.3 is 0 Å². The molecule has 0 saturated carbocycles. The lowest BCUT2D eigenvalue weighted by molar-refractivity contribution is -0.384. The summed E-state index contributed by atoms with van der Waals surface area (Å²) in [5, 5.41) is 18.8. The summed E-state index contributed by atoms with van der Waals surface area (Å²) in [6.45, 7) is 4.15. The van der Waals surface area contributed by atoms with Crippen LogP contribution in [0.15, 0.2) is 18.2 Å². The number of hydrogen-bond acceptors (Lipinski definition) is 4. The standard InChI is InChI=1S/C13H15ClN4O2/c1-8-13(14)9(2)17(16-8)7-10-4-5-11(15-3)12(6-10)18(19)20/h4-6,15H,7H2,1-3H3. The van der Waals surface area contributed by atoms with Gasteiger partial charge in [0.05, 0.1) is 27.9 Å².